The van der Waals surface area contributed by atoms with E-state index >= 15 is 0 Å². The minimum absolute atomic E-state index is 0.0820. The summed E-state index contributed by atoms with van der Waals surface area (Å²) in [6.45, 7) is 1.95. The molecule has 8 heteroatoms. The van der Waals surface area contributed by atoms with Gasteiger partial charge in [-0.25, -0.2) is 9.59 Å². The Labute approximate surface area is 141 Å². The Morgan fingerprint density at radius 2 is 2.04 bits per heavy atom. The summed E-state index contributed by atoms with van der Waals surface area (Å²) in [5, 5.41) is 12.0. The third-order valence-corrected chi connectivity index (χ3v) is 3.91. The SMILES string of the molecule is CCOC(=O)c1n[nH]nc1-c1cccc(OC(=O)c2cccs2)c1. The number of nitrogens with one attached hydrogen (secondary N) is 1. The van der Waals surface area contributed by atoms with Crippen LogP contribution in [0.2, 0.25) is 0 Å². The molecule has 0 radical (unpaired) electrons. The number of benzene rings is 1. The highest BCUT2D eigenvalue weighted by molar-refractivity contribution is 7.12. The molecule has 0 saturated carbocycles. The van der Waals surface area contributed by atoms with E-state index in [4.69, 9.17) is 9.47 Å². The van der Waals surface area contributed by atoms with Gasteiger partial charge in [-0.05, 0) is 30.5 Å². The standard InChI is InChI=1S/C16H13N3O4S/c1-2-22-16(21)14-13(17-19-18-14)10-5-3-6-11(9-10)23-15(20)12-7-4-8-24-12/h3-9H,2H2,1H3,(H,17,18,19). The van der Waals surface area contributed by atoms with Gasteiger partial charge in [-0.15, -0.1) is 16.4 Å². The maximum Gasteiger partial charge on any atom is 0.361 e. The molecule has 3 rings (SSSR count). The van der Waals surface area contributed by atoms with E-state index in [1.807, 2.05) is 0 Å². The van der Waals surface area contributed by atoms with Gasteiger partial charge in [0.1, 0.15) is 16.3 Å². The normalized spacial score (nSPS) is 10.4. The van der Waals surface area contributed by atoms with Crippen LogP contribution >= 0.6 is 11.3 Å². The molecule has 122 valence electrons. The average Bonchev–Trinajstić information content (AvgIpc) is 3.27. The molecular formula is C16H13N3O4S. The molecule has 1 N–H and O–H groups in total. The maximum absolute atomic E-state index is 12.0. The highest BCUT2D eigenvalue weighted by Crippen LogP contribution is 2.25. The van der Waals surface area contributed by atoms with Gasteiger partial charge < -0.3 is 9.47 Å². The van der Waals surface area contributed by atoms with Gasteiger partial charge in [-0.2, -0.15) is 10.3 Å². The van der Waals surface area contributed by atoms with Crippen LogP contribution in [0.1, 0.15) is 27.1 Å². The van der Waals surface area contributed by atoms with Crippen molar-refractivity contribution >= 4 is 23.3 Å². The highest BCUT2D eigenvalue weighted by Gasteiger charge is 2.19. The number of carbonyl (C=O) groups is 2. The largest absolute Gasteiger partial charge is 0.461 e. The zero-order valence-corrected chi connectivity index (χ0v) is 13.5. The fourth-order valence-electron chi connectivity index (χ4n) is 2.03. The molecule has 0 atom stereocenters. The summed E-state index contributed by atoms with van der Waals surface area (Å²) in [4.78, 5) is 24.4. The topological polar surface area (TPSA) is 94.2 Å². The molecule has 2 aromatic heterocycles. The van der Waals surface area contributed by atoms with Crippen molar-refractivity contribution in [2.45, 2.75) is 6.92 Å². The predicted octanol–water partition coefficient (Wildman–Crippen LogP) is 2.93. The molecular weight excluding hydrogens is 330 g/mol. The van der Waals surface area contributed by atoms with E-state index in [-0.39, 0.29) is 12.3 Å². The van der Waals surface area contributed by atoms with Crippen LogP contribution in [0.4, 0.5) is 0 Å². The summed E-state index contributed by atoms with van der Waals surface area (Å²) in [7, 11) is 0. The van der Waals surface area contributed by atoms with Gasteiger partial charge in [-0.1, -0.05) is 18.2 Å². The number of aromatic amines is 1. The van der Waals surface area contributed by atoms with Crippen molar-refractivity contribution in [3.05, 3.63) is 52.3 Å². The zero-order chi connectivity index (χ0) is 16.9. The number of nitrogens with zero attached hydrogens (tertiary/aromatic N) is 2. The second-order valence-corrected chi connectivity index (χ2v) is 5.58. The van der Waals surface area contributed by atoms with Crippen LogP contribution in [0.25, 0.3) is 11.3 Å². The van der Waals surface area contributed by atoms with Gasteiger partial charge in [0.25, 0.3) is 0 Å². The van der Waals surface area contributed by atoms with Crippen molar-refractivity contribution in [2.24, 2.45) is 0 Å². The number of hydrogen-bond donors (Lipinski definition) is 1. The van der Waals surface area contributed by atoms with Crippen LogP contribution in [0.3, 0.4) is 0 Å². The first-order valence-electron chi connectivity index (χ1n) is 7.13. The van der Waals surface area contributed by atoms with Crippen molar-refractivity contribution in [1.29, 1.82) is 0 Å². The lowest BCUT2D eigenvalue weighted by Crippen LogP contribution is -2.07. The van der Waals surface area contributed by atoms with Crippen molar-refractivity contribution in [3.63, 3.8) is 0 Å². The molecule has 0 aliphatic rings. The Morgan fingerprint density at radius 3 is 2.79 bits per heavy atom. The fraction of sp³-hybridized carbons (Fsp3) is 0.125. The number of rotatable bonds is 5. The molecule has 24 heavy (non-hydrogen) atoms. The van der Waals surface area contributed by atoms with Gasteiger partial charge in [0, 0.05) is 5.56 Å². The quantitative estimate of drug-likeness (QED) is 0.565. The summed E-state index contributed by atoms with van der Waals surface area (Å²) in [5.74, 6) is -0.654. The molecule has 7 nitrogen and oxygen atoms in total. The number of ether oxygens (including phenoxy) is 2. The zero-order valence-electron chi connectivity index (χ0n) is 12.7. The summed E-state index contributed by atoms with van der Waals surface area (Å²) in [6.07, 6.45) is 0. The Morgan fingerprint density at radius 1 is 1.17 bits per heavy atom. The number of carbonyl (C=O) groups excluding carboxylic acids is 2. The van der Waals surface area contributed by atoms with Crippen LogP contribution in [-0.4, -0.2) is 34.0 Å². The lowest BCUT2D eigenvalue weighted by molar-refractivity contribution is 0.0520. The van der Waals surface area contributed by atoms with Crippen molar-refractivity contribution < 1.29 is 19.1 Å². The van der Waals surface area contributed by atoms with E-state index in [9.17, 15) is 9.59 Å². The molecule has 0 fully saturated rings. The van der Waals surface area contributed by atoms with Crippen LogP contribution in [-0.2, 0) is 4.74 Å². The number of thiophene rings is 1. The lowest BCUT2D eigenvalue weighted by atomic mass is 10.1. The first-order valence-corrected chi connectivity index (χ1v) is 8.01. The average molecular weight is 343 g/mol. The van der Waals surface area contributed by atoms with E-state index in [1.54, 1.807) is 48.7 Å². The second kappa shape index (κ2) is 7.05. The molecule has 0 amide bonds. The lowest BCUT2D eigenvalue weighted by Gasteiger charge is -2.05. The molecule has 1 aromatic carbocycles. The fourth-order valence-corrected chi connectivity index (χ4v) is 2.63. The molecule has 0 aliphatic carbocycles. The Balaban J connectivity index is 1.85. The van der Waals surface area contributed by atoms with Crippen molar-refractivity contribution in [2.75, 3.05) is 6.61 Å². The summed E-state index contributed by atoms with van der Waals surface area (Å²) < 4.78 is 10.3. The molecule has 0 saturated heterocycles. The van der Waals surface area contributed by atoms with Crippen LogP contribution in [0.5, 0.6) is 5.75 Å². The second-order valence-electron chi connectivity index (χ2n) is 4.64. The molecule has 3 aromatic rings. The number of aromatic nitrogens is 3. The minimum atomic E-state index is -0.567. The van der Waals surface area contributed by atoms with Gasteiger partial charge in [0.2, 0.25) is 0 Å². The highest BCUT2D eigenvalue weighted by atomic mass is 32.1. The summed E-state index contributed by atoms with van der Waals surface area (Å²) in [6, 6.07) is 10.2. The van der Waals surface area contributed by atoms with Gasteiger partial charge in [0.15, 0.2) is 5.69 Å². The molecule has 0 aliphatic heterocycles. The molecule has 2 heterocycles. The first-order chi connectivity index (χ1) is 11.7. The van der Waals surface area contributed by atoms with Gasteiger partial charge >= 0.3 is 11.9 Å². The van der Waals surface area contributed by atoms with E-state index in [0.29, 0.717) is 21.9 Å². The molecule has 0 unspecified atom stereocenters. The number of hydrogen-bond acceptors (Lipinski definition) is 7. The predicted molar refractivity (Wildman–Crippen MR) is 87.1 cm³/mol. The van der Waals surface area contributed by atoms with Gasteiger partial charge in [0.05, 0.1) is 6.61 Å². The number of H-pyrrole nitrogens is 1. The van der Waals surface area contributed by atoms with E-state index < -0.39 is 11.9 Å². The van der Waals surface area contributed by atoms with Crippen molar-refractivity contribution in [1.82, 2.24) is 15.4 Å². The Hall–Kier alpha value is -3.00. The van der Waals surface area contributed by atoms with Crippen LogP contribution in [0, 0.1) is 0 Å². The van der Waals surface area contributed by atoms with Gasteiger partial charge in [-0.3, -0.25) is 0 Å². The van der Waals surface area contributed by atoms with E-state index in [0.717, 1.165) is 0 Å². The molecule has 0 spiro atoms. The summed E-state index contributed by atoms with van der Waals surface area (Å²) >= 11 is 1.30. The van der Waals surface area contributed by atoms with Crippen LogP contribution < -0.4 is 4.74 Å². The van der Waals surface area contributed by atoms with Crippen molar-refractivity contribution in [3.8, 4) is 17.0 Å². The molecule has 0 bridgehead atoms. The van der Waals surface area contributed by atoms with Crippen LogP contribution in [0.15, 0.2) is 41.8 Å². The third kappa shape index (κ3) is 3.33. The maximum atomic E-state index is 12.0. The Kier molecular flexibility index (Phi) is 4.66. The van der Waals surface area contributed by atoms with E-state index in [1.165, 1.54) is 11.3 Å². The monoisotopic (exact) mass is 343 g/mol. The first kappa shape index (κ1) is 15.9. The summed E-state index contributed by atoms with van der Waals surface area (Å²) in [5.41, 5.74) is 1.00. The van der Waals surface area contributed by atoms with E-state index in [2.05, 4.69) is 15.4 Å². The number of esters is 2. The smallest absolute Gasteiger partial charge is 0.361 e. The Bertz CT molecular complexity index is 858. The third-order valence-electron chi connectivity index (χ3n) is 3.06. The minimum Gasteiger partial charge on any atom is -0.461 e.